The molecule has 3 aromatic rings. The topological polar surface area (TPSA) is 77.7 Å². The Morgan fingerprint density at radius 1 is 1.31 bits per heavy atom. The van der Waals surface area contributed by atoms with E-state index in [4.69, 9.17) is 0 Å². The van der Waals surface area contributed by atoms with Crippen LogP contribution in [-0.2, 0) is 17.6 Å². The molecular formula is C20H25N5O. The highest BCUT2D eigenvalue weighted by Crippen LogP contribution is 2.22. The van der Waals surface area contributed by atoms with Crippen LogP contribution in [0.3, 0.4) is 0 Å². The molecule has 136 valence electrons. The number of likely N-dealkylation sites (tertiary alicyclic amines) is 1. The number of nitrogens with zero attached hydrogens (tertiary/aromatic N) is 3. The molecule has 1 atom stereocenters. The second-order valence-corrected chi connectivity index (χ2v) is 7.21. The average Bonchev–Trinajstić information content (AvgIpc) is 3.31. The van der Waals surface area contributed by atoms with Crippen molar-refractivity contribution in [2.75, 3.05) is 13.1 Å². The molecule has 3 heterocycles. The molecule has 0 aliphatic carbocycles. The maximum atomic E-state index is 12.5. The SMILES string of the molecule is O=C(CCCc1cn[nH]c1)N1CCCC(Cc2nc3ccccc3[nH]2)C1. The Balaban J connectivity index is 1.29. The van der Waals surface area contributed by atoms with E-state index in [1.807, 2.05) is 35.5 Å². The minimum atomic E-state index is 0.280. The van der Waals surface area contributed by atoms with Crippen molar-refractivity contribution in [3.8, 4) is 0 Å². The summed E-state index contributed by atoms with van der Waals surface area (Å²) >= 11 is 0. The molecule has 0 radical (unpaired) electrons. The quantitative estimate of drug-likeness (QED) is 0.716. The zero-order valence-corrected chi connectivity index (χ0v) is 14.9. The number of nitrogens with one attached hydrogen (secondary N) is 2. The van der Waals surface area contributed by atoms with Gasteiger partial charge in [-0.05, 0) is 49.3 Å². The number of rotatable bonds is 6. The molecule has 1 aromatic carbocycles. The van der Waals surface area contributed by atoms with Crippen molar-refractivity contribution in [2.24, 2.45) is 5.92 Å². The van der Waals surface area contributed by atoms with E-state index in [1.54, 1.807) is 0 Å². The van der Waals surface area contributed by atoms with Gasteiger partial charge in [0.25, 0.3) is 0 Å². The van der Waals surface area contributed by atoms with Gasteiger partial charge in [-0.2, -0.15) is 5.10 Å². The van der Waals surface area contributed by atoms with Crippen molar-refractivity contribution in [1.82, 2.24) is 25.1 Å². The number of carbonyl (C=O) groups is 1. The molecule has 1 aliphatic heterocycles. The van der Waals surface area contributed by atoms with Gasteiger partial charge in [0, 0.05) is 32.1 Å². The van der Waals surface area contributed by atoms with Crippen molar-refractivity contribution >= 4 is 16.9 Å². The van der Waals surface area contributed by atoms with Crippen LogP contribution in [0.1, 0.15) is 37.1 Å². The highest BCUT2D eigenvalue weighted by molar-refractivity contribution is 5.76. The van der Waals surface area contributed by atoms with Crippen LogP contribution in [0.25, 0.3) is 11.0 Å². The fourth-order valence-corrected chi connectivity index (χ4v) is 3.85. The Kier molecular flexibility index (Phi) is 5.00. The fraction of sp³-hybridized carbons (Fsp3) is 0.450. The van der Waals surface area contributed by atoms with Crippen LogP contribution >= 0.6 is 0 Å². The largest absolute Gasteiger partial charge is 0.342 e. The van der Waals surface area contributed by atoms with Crippen LogP contribution in [0.15, 0.2) is 36.7 Å². The molecule has 1 saturated heterocycles. The molecule has 1 fully saturated rings. The number of aryl methyl sites for hydroxylation is 1. The van der Waals surface area contributed by atoms with Crippen molar-refractivity contribution in [3.05, 3.63) is 48.0 Å². The lowest BCUT2D eigenvalue weighted by Gasteiger charge is -2.32. The molecule has 2 aromatic heterocycles. The first-order valence-corrected chi connectivity index (χ1v) is 9.47. The Morgan fingerprint density at radius 2 is 2.23 bits per heavy atom. The lowest BCUT2D eigenvalue weighted by atomic mass is 9.94. The molecule has 26 heavy (non-hydrogen) atoms. The summed E-state index contributed by atoms with van der Waals surface area (Å²) in [5, 5.41) is 6.76. The first-order chi connectivity index (χ1) is 12.8. The first kappa shape index (κ1) is 16.8. The summed E-state index contributed by atoms with van der Waals surface area (Å²) in [6.07, 6.45) is 9.27. The monoisotopic (exact) mass is 351 g/mol. The van der Waals surface area contributed by atoms with Gasteiger partial charge in [-0.1, -0.05) is 12.1 Å². The van der Waals surface area contributed by atoms with E-state index in [9.17, 15) is 4.79 Å². The van der Waals surface area contributed by atoms with Crippen molar-refractivity contribution in [2.45, 2.75) is 38.5 Å². The minimum Gasteiger partial charge on any atom is -0.342 e. The summed E-state index contributed by atoms with van der Waals surface area (Å²) in [5.74, 6) is 1.80. The second kappa shape index (κ2) is 7.72. The highest BCUT2D eigenvalue weighted by Gasteiger charge is 2.24. The van der Waals surface area contributed by atoms with E-state index >= 15 is 0 Å². The average molecular weight is 351 g/mol. The van der Waals surface area contributed by atoms with Crippen LogP contribution < -0.4 is 0 Å². The Bertz CT molecular complexity index is 821. The third kappa shape index (κ3) is 3.95. The van der Waals surface area contributed by atoms with Gasteiger partial charge in [0.05, 0.1) is 17.2 Å². The van der Waals surface area contributed by atoms with Crippen molar-refractivity contribution < 1.29 is 4.79 Å². The molecule has 1 amide bonds. The number of aromatic amines is 2. The summed E-state index contributed by atoms with van der Waals surface area (Å²) in [6, 6.07) is 8.13. The molecule has 1 unspecified atom stereocenters. The van der Waals surface area contributed by atoms with Crippen LogP contribution in [0.4, 0.5) is 0 Å². The molecule has 6 nitrogen and oxygen atoms in total. The van der Waals surface area contributed by atoms with E-state index in [-0.39, 0.29) is 5.91 Å². The number of para-hydroxylation sites is 2. The number of hydrogen-bond acceptors (Lipinski definition) is 3. The lowest BCUT2D eigenvalue weighted by molar-refractivity contribution is -0.133. The summed E-state index contributed by atoms with van der Waals surface area (Å²) < 4.78 is 0. The molecule has 0 spiro atoms. The maximum Gasteiger partial charge on any atom is 0.222 e. The number of fused-ring (bicyclic) bond motifs is 1. The fourth-order valence-electron chi connectivity index (χ4n) is 3.85. The predicted molar refractivity (Wildman–Crippen MR) is 101 cm³/mol. The van der Waals surface area contributed by atoms with E-state index in [0.29, 0.717) is 12.3 Å². The summed E-state index contributed by atoms with van der Waals surface area (Å²) in [6.45, 7) is 1.74. The van der Waals surface area contributed by atoms with Gasteiger partial charge in [-0.25, -0.2) is 4.98 Å². The van der Waals surface area contributed by atoms with E-state index < -0.39 is 0 Å². The number of aromatic nitrogens is 4. The second-order valence-electron chi connectivity index (χ2n) is 7.21. The van der Waals surface area contributed by atoms with Crippen LogP contribution in [0, 0.1) is 5.92 Å². The van der Waals surface area contributed by atoms with Gasteiger partial charge in [-0.3, -0.25) is 9.89 Å². The highest BCUT2D eigenvalue weighted by atomic mass is 16.2. The van der Waals surface area contributed by atoms with Gasteiger partial charge in [0.1, 0.15) is 5.82 Å². The van der Waals surface area contributed by atoms with Crippen molar-refractivity contribution in [1.29, 1.82) is 0 Å². The van der Waals surface area contributed by atoms with E-state index in [1.165, 1.54) is 5.56 Å². The predicted octanol–water partition coefficient (Wildman–Crippen LogP) is 3.09. The normalized spacial score (nSPS) is 17.7. The summed E-state index contributed by atoms with van der Waals surface area (Å²) in [4.78, 5) is 22.7. The smallest absolute Gasteiger partial charge is 0.222 e. The maximum absolute atomic E-state index is 12.5. The molecular weight excluding hydrogens is 326 g/mol. The Labute approximate surface area is 153 Å². The number of piperidine rings is 1. The zero-order valence-electron chi connectivity index (χ0n) is 14.9. The molecule has 0 saturated carbocycles. The molecule has 2 N–H and O–H groups in total. The molecule has 1 aliphatic rings. The van der Waals surface area contributed by atoms with Crippen LogP contribution in [-0.4, -0.2) is 44.1 Å². The van der Waals surface area contributed by atoms with Gasteiger partial charge in [-0.15, -0.1) is 0 Å². The van der Waals surface area contributed by atoms with Gasteiger partial charge in [0.2, 0.25) is 5.91 Å². The number of benzene rings is 1. The number of carbonyl (C=O) groups excluding carboxylic acids is 1. The zero-order chi connectivity index (χ0) is 17.8. The molecule has 4 rings (SSSR count). The standard InChI is InChI=1S/C20H25N5O/c26-20(9-3-5-16-12-21-22-13-16)25-10-4-6-15(14-25)11-19-23-17-7-1-2-8-18(17)24-19/h1-2,7-8,12-13,15H,3-6,9-11,14H2,(H,21,22)(H,23,24). The first-order valence-electron chi connectivity index (χ1n) is 9.47. The minimum absolute atomic E-state index is 0.280. The van der Waals surface area contributed by atoms with E-state index in [2.05, 4.69) is 26.2 Å². The third-order valence-corrected chi connectivity index (χ3v) is 5.20. The lowest BCUT2D eigenvalue weighted by Crippen LogP contribution is -2.40. The van der Waals surface area contributed by atoms with Crippen LogP contribution in [0.2, 0.25) is 0 Å². The Hall–Kier alpha value is -2.63. The van der Waals surface area contributed by atoms with Gasteiger partial charge in [0.15, 0.2) is 0 Å². The molecule has 6 heteroatoms. The summed E-state index contributed by atoms with van der Waals surface area (Å²) in [5.41, 5.74) is 3.27. The summed E-state index contributed by atoms with van der Waals surface area (Å²) in [7, 11) is 0. The van der Waals surface area contributed by atoms with Crippen molar-refractivity contribution in [3.63, 3.8) is 0 Å². The van der Waals surface area contributed by atoms with Gasteiger partial charge < -0.3 is 9.88 Å². The number of imidazole rings is 1. The third-order valence-electron chi connectivity index (χ3n) is 5.20. The van der Waals surface area contributed by atoms with Gasteiger partial charge >= 0.3 is 0 Å². The Morgan fingerprint density at radius 3 is 3.08 bits per heavy atom. The van der Waals surface area contributed by atoms with E-state index in [0.717, 1.165) is 62.1 Å². The number of amides is 1. The molecule has 0 bridgehead atoms. The number of H-pyrrole nitrogens is 2. The number of hydrogen-bond donors (Lipinski definition) is 2. The van der Waals surface area contributed by atoms with Crippen LogP contribution in [0.5, 0.6) is 0 Å².